The Kier molecular flexibility index (Phi) is 5.65. The minimum Gasteiger partial charge on any atom is -0.462 e. The van der Waals surface area contributed by atoms with Crippen LogP contribution in [0.3, 0.4) is 0 Å². The Morgan fingerprint density at radius 3 is 2.08 bits per heavy atom. The first-order valence-corrected chi connectivity index (χ1v) is 15.7. The van der Waals surface area contributed by atoms with E-state index < -0.39 is 0 Å². The zero-order valence-electron chi connectivity index (χ0n) is 23.0. The van der Waals surface area contributed by atoms with E-state index in [1.165, 1.54) is 44.9 Å². The molecule has 8 aliphatic carbocycles. The first kappa shape index (κ1) is 24.0. The van der Waals surface area contributed by atoms with Crippen LogP contribution in [0.1, 0.15) is 98.3 Å². The standard InChI is InChI=1S/C32H48O4/c1-5-32(22-8-18-7-19(10-22)11-23(32)9-18)36-31(34)25-13-20-12-24(25)29-26-14-21(28(20)29)15-27(26)35-30(33)17(4)6-16(2)3/h16-29H,5-15H2,1-4H3. The van der Waals surface area contributed by atoms with Crippen LogP contribution in [-0.2, 0) is 19.1 Å². The van der Waals surface area contributed by atoms with Crippen molar-refractivity contribution in [3.8, 4) is 0 Å². The first-order valence-electron chi connectivity index (χ1n) is 15.7. The molecule has 9 atom stereocenters. The van der Waals surface area contributed by atoms with Crippen molar-refractivity contribution in [3.63, 3.8) is 0 Å². The average molecular weight is 497 g/mol. The minimum atomic E-state index is -0.176. The summed E-state index contributed by atoms with van der Waals surface area (Å²) in [5.41, 5.74) is -0.176. The molecule has 8 rings (SSSR count). The number of carbonyl (C=O) groups is 2. The summed E-state index contributed by atoms with van der Waals surface area (Å²) in [5.74, 6) is 7.42. The molecular weight excluding hydrogens is 448 g/mol. The summed E-state index contributed by atoms with van der Waals surface area (Å²) in [6.45, 7) is 8.65. The molecule has 0 spiro atoms. The minimum absolute atomic E-state index is 0.00342. The predicted octanol–water partition coefficient (Wildman–Crippen LogP) is 6.66. The fourth-order valence-electron chi connectivity index (χ4n) is 12.1. The maximum absolute atomic E-state index is 13.9. The first-order chi connectivity index (χ1) is 17.3. The summed E-state index contributed by atoms with van der Waals surface area (Å²) in [7, 11) is 0. The third-order valence-electron chi connectivity index (χ3n) is 12.9. The van der Waals surface area contributed by atoms with Gasteiger partial charge < -0.3 is 9.47 Å². The molecule has 0 aromatic heterocycles. The van der Waals surface area contributed by atoms with Gasteiger partial charge in [0.2, 0.25) is 0 Å². The van der Waals surface area contributed by atoms with Crippen molar-refractivity contribution in [1.82, 2.24) is 0 Å². The van der Waals surface area contributed by atoms with Crippen molar-refractivity contribution in [2.24, 2.45) is 76.9 Å². The summed E-state index contributed by atoms with van der Waals surface area (Å²) in [6.07, 6.45) is 13.1. The Bertz CT molecular complexity index is 880. The number of ether oxygens (including phenoxy) is 2. The van der Waals surface area contributed by atoms with E-state index in [0.29, 0.717) is 47.3 Å². The summed E-state index contributed by atoms with van der Waals surface area (Å²) in [4.78, 5) is 26.8. The van der Waals surface area contributed by atoms with Crippen molar-refractivity contribution < 1.29 is 19.1 Å². The van der Waals surface area contributed by atoms with Crippen LogP contribution in [0, 0.1) is 76.9 Å². The van der Waals surface area contributed by atoms with Crippen molar-refractivity contribution in [1.29, 1.82) is 0 Å². The number of esters is 2. The lowest BCUT2D eigenvalue weighted by Crippen LogP contribution is -2.60. The Morgan fingerprint density at radius 2 is 1.44 bits per heavy atom. The summed E-state index contributed by atoms with van der Waals surface area (Å²) >= 11 is 0. The molecule has 8 saturated carbocycles. The summed E-state index contributed by atoms with van der Waals surface area (Å²) in [6, 6.07) is 0. The van der Waals surface area contributed by atoms with Crippen LogP contribution < -0.4 is 0 Å². The highest BCUT2D eigenvalue weighted by atomic mass is 16.6. The molecule has 0 saturated heterocycles. The van der Waals surface area contributed by atoms with Crippen LogP contribution in [0.25, 0.3) is 0 Å². The molecule has 4 nitrogen and oxygen atoms in total. The van der Waals surface area contributed by atoms with E-state index in [0.717, 1.165) is 43.4 Å². The molecule has 200 valence electrons. The Hall–Kier alpha value is -1.06. The molecule has 4 heteroatoms. The molecule has 0 aliphatic heterocycles. The number of hydrogen-bond donors (Lipinski definition) is 0. The van der Waals surface area contributed by atoms with Gasteiger partial charge in [-0.2, -0.15) is 0 Å². The summed E-state index contributed by atoms with van der Waals surface area (Å²) < 4.78 is 12.9. The third-order valence-corrected chi connectivity index (χ3v) is 12.9. The molecule has 0 N–H and O–H groups in total. The zero-order valence-corrected chi connectivity index (χ0v) is 23.0. The van der Waals surface area contributed by atoms with Crippen LogP contribution >= 0.6 is 0 Å². The van der Waals surface area contributed by atoms with Gasteiger partial charge >= 0.3 is 11.9 Å². The lowest BCUT2D eigenvalue weighted by atomic mass is 9.49. The van der Waals surface area contributed by atoms with E-state index in [4.69, 9.17) is 9.47 Å². The normalized spacial score (nSPS) is 52.1. The molecule has 0 heterocycles. The SMILES string of the molecule is CCC1(OC(=O)C2CC3CC2C2C4CC(CC4OC(=O)C(C)CC(C)C)C32)C2CC3CC(C2)CC1C3. The molecule has 0 aromatic rings. The quantitative estimate of drug-likeness (QED) is 0.292. The van der Waals surface area contributed by atoms with E-state index >= 15 is 0 Å². The van der Waals surface area contributed by atoms with Gasteiger partial charge in [0.05, 0.1) is 11.8 Å². The van der Waals surface area contributed by atoms with Gasteiger partial charge in [-0.25, -0.2) is 0 Å². The Morgan fingerprint density at radius 1 is 0.806 bits per heavy atom. The van der Waals surface area contributed by atoms with Gasteiger partial charge in [0.15, 0.2) is 0 Å². The average Bonchev–Trinajstić information content (AvgIpc) is 3.59. The molecular formula is C32H48O4. The largest absolute Gasteiger partial charge is 0.462 e. The van der Waals surface area contributed by atoms with E-state index in [-0.39, 0.29) is 35.5 Å². The molecule has 8 aliphatic rings. The van der Waals surface area contributed by atoms with Gasteiger partial charge in [-0.1, -0.05) is 27.7 Å². The van der Waals surface area contributed by atoms with Crippen molar-refractivity contribution in [3.05, 3.63) is 0 Å². The summed E-state index contributed by atoms with van der Waals surface area (Å²) in [5, 5.41) is 0. The number of fused-ring (bicyclic) bond motifs is 9. The second-order valence-corrected chi connectivity index (χ2v) is 15.1. The zero-order chi connectivity index (χ0) is 24.9. The van der Waals surface area contributed by atoms with E-state index in [2.05, 4.69) is 20.8 Å². The second-order valence-electron chi connectivity index (χ2n) is 15.1. The predicted molar refractivity (Wildman–Crippen MR) is 138 cm³/mol. The van der Waals surface area contributed by atoms with Gasteiger partial charge in [0, 0.05) is 0 Å². The van der Waals surface area contributed by atoms with Gasteiger partial charge in [-0.3, -0.25) is 9.59 Å². The lowest BCUT2D eigenvalue weighted by Gasteiger charge is -2.60. The van der Waals surface area contributed by atoms with Crippen LogP contribution in [0.5, 0.6) is 0 Å². The molecule has 0 amide bonds. The Labute approximate surface area is 218 Å². The van der Waals surface area contributed by atoms with E-state index in [1.54, 1.807) is 0 Å². The Balaban J connectivity index is 1.04. The highest BCUT2D eigenvalue weighted by Crippen LogP contribution is 2.70. The fourth-order valence-corrected chi connectivity index (χ4v) is 12.1. The molecule has 0 radical (unpaired) electrons. The number of carbonyl (C=O) groups excluding carboxylic acids is 2. The van der Waals surface area contributed by atoms with Gasteiger partial charge in [-0.05, 0) is 136 Å². The van der Waals surface area contributed by atoms with Crippen molar-refractivity contribution >= 4 is 11.9 Å². The van der Waals surface area contributed by atoms with Crippen LogP contribution in [-0.4, -0.2) is 23.6 Å². The molecule has 8 fully saturated rings. The maximum atomic E-state index is 13.9. The fraction of sp³-hybridized carbons (Fsp3) is 0.938. The van der Waals surface area contributed by atoms with Gasteiger partial charge in [0.25, 0.3) is 0 Å². The third kappa shape index (κ3) is 3.43. The highest BCUT2D eigenvalue weighted by Gasteiger charge is 2.67. The lowest BCUT2D eigenvalue weighted by molar-refractivity contribution is -0.216. The van der Waals surface area contributed by atoms with Crippen molar-refractivity contribution in [2.45, 2.75) is 110 Å². The highest BCUT2D eigenvalue weighted by molar-refractivity contribution is 5.74. The van der Waals surface area contributed by atoms with E-state index in [1.807, 2.05) is 6.92 Å². The second kappa shape index (κ2) is 8.47. The van der Waals surface area contributed by atoms with Crippen LogP contribution in [0.4, 0.5) is 0 Å². The smallest absolute Gasteiger partial charge is 0.309 e. The topological polar surface area (TPSA) is 52.6 Å². The van der Waals surface area contributed by atoms with Crippen LogP contribution in [0.15, 0.2) is 0 Å². The van der Waals surface area contributed by atoms with Gasteiger partial charge in [0.1, 0.15) is 11.7 Å². The van der Waals surface area contributed by atoms with Crippen molar-refractivity contribution in [2.75, 3.05) is 0 Å². The monoisotopic (exact) mass is 496 g/mol. The maximum Gasteiger partial charge on any atom is 0.309 e. The molecule has 9 unspecified atom stereocenters. The van der Waals surface area contributed by atoms with Crippen LogP contribution in [0.2, 0.25) is 0 Å². The molecule has 36 heavy (non-hydrogen) atoms. The molecule has 8 bridgehead atoms. The van der Waals surface area contributed by atoms with Gasteiger partial charge in [-0.15, -0.1) is 0 Å². The molecule has 0 aromatic carbocycles. The number of hydrogen-bond acceptors (Lipinski definition) is 4. The number of rotatable bonds is 7. The van der Waals surface area contributed by atoms with E-state index in [9.17, 15) is 9.59 Å².